The highest BCUT2D eigenvalue weighted by atomic mass is 16.2. The monoisotopic (exact) mass is 608 g/mol. The van der Waals surface area contributed by atoms with Gasteiger partial charge in [-0.15, -0.1) is 0 Å². The fraction of sp³-hybridized carbons (Fsp3) is 0.750. The quantitative estimate of drug-likeness (QED) is 0.317. The summed E-state index contributed by atoms with van der Waals surface area (Å²) in [7, 11) is 0. The van der Waals surface area contributed by atoms with Crippen LogP contribution in [0.4, 0.5) is 0 Å². The molecule has 0 spiro atoms. The number of rotatable bonds is 1. The first-order valence-electron chi connectivity index (χ1n) is 12.6. The van der Waals surface area contributed by atoms with Crippen molar-refractivity contribution in [1.82, 2.24) is 9.80 Å². The molecule has 354 valence electrons. The molecule has 6 rings (SSSR count). The molecule has 3 nitrogen and oxygen atoms in total. The van der Waals surface area contributed by atoms with Gasteiger partial charge in [0.1, 0.15) is 0 Å². The molecule has 1 aromatic carbocycles. The maximum Gasteiger partial charge on any atom is 0.254 e. The van der Waals surface area contributed by atoms with Crippen LogP contribution >= 0.6 is 0 Å². The predicted octanol–water partition coefficient (Wildman–Crippen LogP) is 28.4. The molecule has 4 aliphatic heterocycles. The molecule has 4 unspecified atom stereocenters. The van der Waals surface area contributed by atoms with Gasteiger partial charge in [-0.2, -0.15) is 0 Å². The number of nitrogens with zero attached hydrogens (tertiary/aromatic N) is 2. The smallest absolute Gasteiger partial charge is 0.254 e. The Balaban J connectivity index is -0.00000000155. The van der Waals surface area contributed by atoms with Gasteiger partial charge in [0, 0.05) is 161 Å². The minimum Gasteiger partial charge on any atom is -0.331 e. The van der Waals surface area contributed by atoms with E-state index in [4.69, 9.17) is 0 Å². The van der Waals surface area contributed by atoms with E-state index in [0.717, 1.165) is 12.1 Å². The van der Waals surface area contributed by atoms with Crippen LogP contribution in [0.1, 0.15) is 238 Å². The maximum absolute atomic E-state index is 14.3. The largest absolute Gasteiger partial charge is 0.331 e. The minimum atomic E-state index is -0.123. The van der Waals surface area contributed by atoms with Crippen LogP contribution in [-0.4, -0.2) is 45.9 Å². The number of carbonyl (C=O) groups is 1. The lowest BCUT2D eigenvalue weighted by atomic mass is 9.57. The molecular weight excluding hydrogens is 380 g/mol. The predicted molar refractivity (Wildman–Crippen MR) is 322 cm³/mol. The highest BCUT2D eigenvalue weighted by Gasteiger charge is 2.63. The van der Waals surface area contributed by atoms with E-state index in [2.05, 4.69) is 78.2 Å². The summed E-state index contributed by atoms with van der Waals surface area (Å²) in [4.78, 5) is 19.3. The molecule has 1 aliphatic carbocycles. The summed E-state index contributed by atoms with van der Waals surface area (Å²) < 4.78 is 0. The first-order valence-corrected chi connectivity index (χ1v) is 12.6. The van der Waals surface area contributed by atoms with Gasteiger partial charge in [0.15, 0.2) is 0 Å². The van der Waals surface area contributed by atoms with Crippen LogP contribution in [0.5, 0.6) is 0 Å². The van der Waals surface area contributed by atoms with E-state index in [1.165, 1.54) is 48.1 Å². The lowest BCUT2D eigenvalue weighted by Gasteiger charge is -2.69. The van der Waals surface area contributed by atoms with E-state index < -0.39 is 0 Å². The molecule has 0 aromatic heterocycles. The summed E-state index contributed by atoms with van der Waals surface area (Å²) in [6.45, 7) is 23.3. The second kappa shape index (κ2) is 6.37. The Morgan fingerprint density at radius 1 is 1.06 bits per heavy atom. The second-order valence-electron chi connectivity index (χ2n) is 12.6. The molecule has 4 heterocycles. The number of carbonyl (C=O) groups excluding carboxylic acids is 1. The summed E-state index contributed by atoms with van der Waals surface area (Å²) >= 11 is 0. The molecule has 3 heteroatoms. The zero-order valence-corrected chi connectivity index (χ0v) is 21.2. The first-order chi connectivity index (χ1) is 14.3. The van der Waals surface area contributed by atoms with Crippen LogP contribution in [0.3, 0.4) is 0 Å². The minimum absolute atomic E-state index is 0. The molecule has 0 saturated carbocycles. The van der Waals surface area contributed by atoms with Gasteiger partial charge in [0.05, 0.1) is 5.54 Å². The number of hydrogen-bond donors (Lipinski definition) is 0. The highest BCUT2D eigenvalue weighted by molar-refractivity contribution is 5.99. The third-order valence-electron chi connectivity index (χ3n) is 10.9. The van der Waals surface area contributed by atoms with Crippen LogP contribution in [-0.2, 0) is 5.41 Å². The fourth-order valence-corrected chi connectivity index (χ4v) is 8.32. The number of fused-ring (bicyclic) bond motifs is 3. The summed E-state index contributed by atoms with van der Waals surface area (Å²) in [6, 6.07) is 2.84. The Labute approximate surface area is 326 Å². The molecule has 0 radical (unpaired) electrons. The van der Waals surface area contributed by atoms with E-state index in [1.54, 1.807) is 0 Å². The van der Waals surface area contributed by atoms with E-state index in [0.29, 0.717) is 23.8 Å². The zero-order valence-electron chi connectivity index (χ0n) is 21.2. The average Bonchev–Trinajstić information content (AvgIpc) is 2.68. The molecule has 3 saturated heterocycles. The van der Waals surface area contributed by atoms with Crippen LogP contribution < -0.4 is 0 Å². The van der Waals surface area contributed by atoms with Crippen molar-refractivity contribution in [3.8, 4) is 0 Å². The Morgan fingerprint density at radius 2 is 1.74 bits per heavy atom. The van der Waals surface area contributed by atoms with Crippen molar-refractivity contribution in [1.29, 1.82) is 0 Å². The third-order valence-corrected chi connectivity index (χ3v) is 10.9. The van der Waals surface area contributed by atoms with Gasteiger partial charge in [0.2, 0.25) is 0 Å². The molecule has 31 heavy (non-hydrogen) atoms. The van der Waals surface area contributed by atoms with Crippen molar-refractivity contribution in [3.63, 3.8) is 0 Å². The van der Waals surface area contributed by atoms with Crippen molar-refractivity contribution in [2.45, 2.75) is 110 Å². The van der Waals surface area contributed by atoms with Gasteiger partial charge in [-0.1, -0.05) is 20.8 Å². The highest BCUT2D eigenvalue weighted by Crippen LogP contribution is 2.56. The van der Waals surface area contributed by atoms with Crippen LogP contribution in [0, 0.1) is 25.7 Å². The number of aryl methyl sites for hydroxylation is 1. The van der Waals surface area contributed by atoms with Crippen molar-refractivity contribution >= 4 is 5.91 Å². The standard InChI is InChI=1S/C28H42N2O.92H2/c1-16-12-22-23-20(13-17(2)26(5,6)24(23)19(16)4)15-30(25(22)31)28(9)21-10-11-29(18(3)14-21)27(28,7)8;;;;;;;;;;;;;;;;;;;;;;;;;;;;;;;;;;;;;;;;;;;;;;;;;;;;;;;;;;;;;;;;;;;;;;;;;;;;;;;;;;;;;;;;;;;;/h12,17-18,20-21H,10-11,13-15H2,1-9H3;92*1H/t17?,18?,20-,21?,28+;;;;;;;;;;;;;;;;;;;;;;;;;;;;;;;;;;;;;;;;;;;;;;;;;;;;;;;;;;;;;;;;;;;;;;;;;;;;;;;;;;;;;;;;;;;;/m1............................................................................................/s1. The van der Waals surface area contributed by atoms with E-state index in [-0.39, 0.29) is 154 Å². The summed E-state index contributed by atoms with van der Waals surface area (Å²) in [5.74, 6) is 1.95. The number of amides is 1. The number of hydrogen-bond acceptors (Lipinski definition) is 2. The van der Waals surface area contributed by atoms with Crippen molar-refractivity contribution in [2.24, 2.45) is 11.8 Å². The summed E-state index contributed by atoms with van der Waals surface area (Å²) in [5.41, 5.74) is 6.55. The average molecular weight is 608 g/mol. The summed E-state index contributed by atoms with van der Waals surface area (Å²) in [6.07, 6.45) is 3.61. The Bertz CT molecular complexity index is 1060. The Morgan fingerprint density at radius 3 is 2.35 bits per heavy atom. The third kappa shape index (κ3) is 2.48. The van der Waals surface area contributed by atoms with Crippen LogP contribution in [0.15, 0.2) is 6.07 Å². The number of piperidine rings is 3. The van der Waals surface area contributed by atoms with E-state index in [1.807, 2.05) is 0 Å². The fourth-order valence-electron chi connectivity index (χ4n) is 8.32. The van der Waals surface area contributed by atoms with Crippen molar-refractivity contribution in [2.75, 3.05) is 13.1 Å². The van der Waals surface area contributed by atoms with Gasteiger partial charge < -0.3 is 4.90 Å². The van der Waals surface area contributed by atoms with Crippen LogP contribution in [0.2, 0.25) is 0 Å². The van der Waals surface area contributed by atoms with E-state index >= 15 is 0 Å². The molecule has 3 fully saturated rings. The lowest BCUT2D eigenvalue weighted by Crippen LogP contribution is -2.79. The van der Waals surface area contributed by atoms with Gasteiger partial charge >= 0.3 is 0 Å². The molecule has 0 N–H and O–H groups in total. The molecule has 6 atom stereocenters. The summed E-state index contributed by atoms with van der Waals surface area (Å²) in [5, 5.41) is 0. The molecule has 1 amide bonds. The van der Waals surface area contributed by atoms with E-state index in [9.17, 15) is 4.79 Å². The topological polar surface area (TPSA) is 23.6 Å². The molecule has 1 aromatic rings. The van der Waals surface area contributed by atoms with Crippen molar-refractivity contribution < 1.29 is 136 Å². The van der Waals surface area contributed by atoms with Gasteiger partial charge in [0.25, 0.3) is 5.91 Å². The van der Waals surface area contributed by atoms with Gasteiger partial charge in [-0.3, -0.25) is 9.69 Å². The number of benzene rings is 1. The van der Waals surface area contributed by atoms with Gasteiger partial charge in [-0.25, -0.2) is 0 Å². The lowest BCUT2D eigenvalue weighted by molar-refractivity contribution is -0.161. The molecule has 2 bridgehead atoms. The SMILES string of the molecule is Cc1cc2c3c(c1C)C(C)(C)C(C)C[C@@H]3CN([C@@]1(C)C3CCN(C(C)C3)C1(C)C)C2=O.[HH].[HH].[HH].[HH].[HH].[HH].[HH].[HH].[HH].[HH].[HH].[HH].[HH].[HH].[HH].[HH].[HH].[HH].[HH].[HH].[HH].[HH].[HH].[HH].[HH].[HH].[HH].[HH].[HH].[HH].[HH].[HH].[HH].[HH].[HH].[HH].[HH].[HH].[HH].[HH].[HH].[HH].[HH].[HH].[HH].[HH].[HH].[HH].[HH].[HH].[HH].[HH].[HH].[HH].[HH].[HH].[HH].[HH].[HH].[HH].[HH].[HH].[HH].[HH].[HH].[HH].[HH].[HH].[HH].[HH].[HH].[HH].[HH].[HH].[HH].[HH].[HH].[HH].[HH].[HH].[HH].[HH].[HH].[HH].[HH].[HH].[HH].[HH].[HH].[HH].[HH].[HH]. The first kappa shape index (κ1) is 21.5. The second-order valence-corrected chi connectivity index (χ2v) is 12.6. The zero-order chi connectivity index (χ0) is 22.7. The normalized spacial score (nSPS) is 40.1. The Hall–Kier alpha value is -1.35. The van der Waals surface area contributed by atoms with Gasteiger partial charge in [-0.05, 0) is 113 Å². The molecule has 5 aliphatic rings. The van der Waals surface area contributed by atoms with Crippen molar-refractivity contribution in [3.05, 3.63) is 33.9 Å². The van der Waals surface area contributed by atoms with Crippen LogP contribution in [0.25, 0.3) is 0 Å². The molecular formula is C28H226N2O. The maximum atomic E-state index is 14.3. The Kier molecular flexibility index (Phi) is 4.41.